The lowest BCUT2D eigenvalue weighted by Crippen LogP contribution is -2.02. The highest BCUT2D eigenvalue weighted by Gasteiger charge is 2.07. The van der Waals surface area contributed by atoms with Gasteiger partial charge < -0.3 is 5.73 Å². The molecule has 0 saturated heterocycles. The molecule has 0 aliphatic heterocycles. The van der Waals surface area contributed by atoms with Gasteiger partial charge in [0.1, 0.15) is 18.0 Å². The van der Waals surface area contributed by atoms with Gasteiger partial charge in [-0.2, -0.15) is 5.10 Å². The van der Waals surface area contributed by atoms with E-state index in [1.807, 2.05) is 0 Å². The Morgan fingerprint density at radius 2 is 2.06 bits per heavy atom. The average Bonchev–Trinajstić information content (AvgIpc) is 2.76. The molecule has 18 heavy (non-hydrogen) atoms. The van der Waals surface area contributed by atoms with Crippen LogP contribution in [0.5, 0.6) is 0 Å². The maximum absolute atomic E-state index is 13.5. The predicted molar refractivity (Wildman–Crippen MR) is 65.2 cm³/mol. The number of benzene rings is 1. The second-order valence-electron chi connectivity index (χ2n) is 3.91. The molecule has 0 spiro atoms. The summed E-state index contributed by atoms with van der Waals surface area (Å²) >= 11 is 0. The minimum Gasteiger partial charge on any atom is -0.383 e. The number of fused-ring (bicyclic) bond motifs is 1. The number of hydrogen-bond donors (Lipinski definition) is 1. The fourth-order valence-electron chi connectivity index (χ4n) is 1.78. The molecular weight excluding hydrogens is 233 g/mol. The van der Waals surface area contributed by atoms with E-state index in [0.29, 0.717) is 29.0 Å². The number of nitrogen functional groups attached to an aromatic ring is 1. The third-order valence-electron chi connectivity index (χ3n) is 2.69. The van der Waals surface area contributed by atoms with Crippen LogP contribution in [0, 0.1) is 5.82 Å². The number of anilines is 1. The lowest BCUT2D eigenvalue weighted by atomic mass is 10.2. The Hall–Kier alpha value is -2.50. The first kappa shape index (κ1) is 10.6. The summed E-state index contributed by atoms with van der Waals surface area (Å²) in [7, 11) is 0. The summed E-state index contributed by atoms with van der Waals surface area (Å²) < 4.78 is 15.1. The van der Waals surface area contributed by atoms with Crippen molar-refractivity contribution in [2.45, 2.75) is 6.54 Å². The number of nitrogens with zero attached hydrogens (tertiary/aromatic N) is 4. The van der Waals surface area contributed by atoms with E-state index >= 15 is 0 Å². The van der Waals surface area contributed by atoms with Crippen LogP contribution >= 0.6 is 0 Å². The molecule has 0 aliphatic rings. The summed E-state index contributed by atoms with van der Waals surface area (Å²) in [5.74, 6) is 0.121. The first-order valence-corrected chi connectivity index (χ1v) is 5.41. The molecule has 5 nitrogen and oxygen atoms in total. The monoisotopic (exact) mass is 243 g/mol. The zero-order valence-corrected chi connectivity index (χ0v) is 9.42. The number of halogens is 1. The highest BCUT2D eigenvalue weighted by Crippen LogP contribution is 2.16. The molecule has 2 aromatic heterocycles. The molecule has 0 unspecified atom stereocenters. The van der Waals surface area contributed by atoms with Crippen LogP contribution in [0.2, 0.25) is 0 Å². The number of aromatic nitrogens is 4. The first-order valence-electron chi connectivity index (χ1n) is 5.41. The van der Waals surface area contributed by atoms with Crippen molar-refractivity contribution in [1.82, 2.24) is 19.7 Å². The minimum atomic E-state index is -0.254. The van der Waals surface area contributed by atoms with Gasteiger partial charge >= 0.3 is 0 Å². The van der Waals surface area contributed by atoms with Gasteiger partial charge in [0.25, 0.3) is 0 Å². The van der Waals surface area contributed by atoms with Gasteiger partial charge in [-0.05, 0) is 6.07 Å². The number of rotatable bonds is 2. The van der Waals surface area contributed by atoms with Crippen molar-refractivity contribution >= 4 is 16.9 Å². The quantitative estimate of drug-likeness (QED) is 0.742. The van der Waals surface area contributed by atoms with E-state index in [2.05, 4.69) is 15.1 Å². The SMILES string of the molecule is Nc1ncnc2nn(Cc3ccccc3F)cc12. The molecule has 0 radical (unpaired) electrons. The van der Waals surface area contributed by atoms with Gasteiger partial charge in [-0.25, -0.2) is 14.4 Å². The van der Waals surface area contributed by atoms with E-state index in [1.54, 1.807) is 29.1 Å². The van der Waals surface area contributed by atoms with Gasteiger partial charge in [0, 0.05) is 11.8 Å². The zero-order valence-electron chi connectivity index (χ0n) is 9.42. The first-order chi connectivity index (χ1) is 8.74. The third-order valence-corrected chi connectivity index (χ3v) is 2.69. The molecule has 0 amide bonds. The second kappa shape index (κ2) is 4.06. The van der Waals surface area contributed by atoms with Crippen LogP contribution in [-0.2, 0) is 6.54 Å². The van der Waals surface area contributed by atoms with Crippen molar-refractivity contribution in [2.75, 3.05) is 5.73 Å². The highest BCUT2D eigenvalue weighted by atomic mass is 19.1. The molecule has 0 bridgehead atoms. The third kappa shape index (κ3) is 1.77. The van der Waals surface area contributed by atoms with Gasteiger partial charge in [-0.15, -0.1) is 0 Å². The lowest BCUT2D eigenvalue weighted by molar-refractivity contribution is 0.586. The largest absolute Gasteiger partial charge is 0.383 e. The van der Waals surface area contributed by atoms with Crippen LogP contribution in [0.15, 0.2) is 36.8 Å². The second-order valence-corrected chi connectivity index (χ2v) is 3.91. The van der Waals surface area contributed by atoms with Crippen LogP contribution in [-0.4, -0.2) is 19.7 Å². The molecular formula is C12H10FN5. The van der Waals surface area contributed by atoms with E-state index in [0.717, 1.165) is 0 Å². The fourth-order valence-corrected chi connectivity index (χ4v) is 1.78. The molecule has 2 heterocycles. The van der Waals surface area contributed by atoms with Crippen molar-refractivity contribution in [3.63, 3.8) is 0 Å². The highest BCUT2D eigenvalue weighted by molar-refractivity contribution is 5.84. The van der Waals surface area contributed by atoms with E-state index in [-0.39, 0.29) is 5.82 Å². The molecule has 6 heteroatoms. The molecule has 0 fully saturated rings. The topological polar surface area (TPSA) is 69.6 Å². The minimum absolute atomic E-state index is 0.254. The normalized spacial score (nSPS) is 10.9. The smallest absolute Gasteiger partial charge is 0.186 e. The van der Waals surface area contributed by atoms with Crippen LogP contribution in [0.4, 0.5) is 10.2 Å². The van der Waals surface area contributed by atoms with Crippen molar-refractivity contribution in [3.05, 3.63) is 48.2 Å². The summed E-state index contributed by atoms with van der Waals surface area (Å²) in [5.41, 5.74) is 6.79. The summed E-state index contributed by atoms with van der Waals surface area (Å²) in [4.78, 5) is 7.89. The Kier molecular flexibility index (Phi) is 2.40. The molecule has 0 atom stereocenters. The maximum Gasteiger partial charge on any atom is 0.186 e. The Bertz CT molecular complexity index is 707. The Labute approximate surface area is 102 Å². The van der Waals surface area contributed by atoms with Gasteiger partial charge in [-0.1, -0.05) is 18.2 Å². The summed E-state index contributed by atoms with van der Waals surface area (Å²) in [6.07, 6.45) is 3.08. The Morgan fingerprint density at radius 3 is 2.83 bits per heavy atom. The summed E-state index contributed by atoms with van der Waals surface area (Å²) in [6.45, 7) is 0.336. The molecule has 90 valence electrons. The van der Waals surface area contributed by atoms with E-state index in [1.165, 1.54) is 12.4 Å². The summed E-state index contributed by atoms with van der Waals surface area (Å²) in [6, 6.07) is 6.58. The van der Waals surface area contributed by atoms with Crippen molar-refractivity contribution in [3.8, 4) is 0 Å². The van der Waals surface area contributed by atoms with Crippen LogP contribution in [0.3, 0.4) is 0 Å². The van der Waals surface area contributed by atoms with Crippen LogP contribution < -0.4 is 5.73 Å². The van der Waals surface area contributed by atoms with E-state index in [9.17, 15) is 4.39 Å². The van der Waals surface area contributed by atoms with Crippen molar-refractivity contribution < 1.29 is 4.39 Å². The standard InChI is InChI=1S/C12H10FN5/c13-10-4-2-1-3-8(10)5-18-6-9-11(14)15-7-16-12(9)17-18/h1-4,6-7H,5H2,(H2,14,15,16,17). The molecule has 3 rings (SSSR count). The van der Waals surface area contributed by atoms with Gasteiger partial charge in [0.05, 0.1) is 11.9 Å². The van der Waals surface area contributed by atoms with Gasteiger partial charge in [0.15, 0.2) is 5.65 Å². The number of nitrogens with two attached hydrogens (primary N) is 1. The van der Waals surface area contributed by atoms with Crippen molar-refractivity contribution in [1.29, 1.82) is 0 Å². The van der Waals surface area contributed by atoms with Crippen molar-refractivity contribution in [2.24, 2.45) is 0 Å². The fraction of sp³-hybridized carbons (Fsp3) is 0.0833. The van der Waals surface area contributed by atoms with Gasteiger partial charge in [-0.3, -0.25) is 4.68 Å². The lowest BCUT2D eigenvalue weighted by Gasteiger charge is -2.02. The predicted octanol–water partition coefficient (Wildman–Crippen LogP) is 1.60. The summed E-state index contributed by atoms with van der Waals surface area (Å²) in [5, 5.41) is 4.90. The van der Waals surface area contributed by atoms with E-state index < -0.39 is 0 Å². The van der Waals surface area contributed by atoms with Crippen LogP contribution in [0.25, 0.3) is 11.0 Å². The number of hydrogen-bond acceptors (Lipinski definition) is 4. The zero-order chi connectivity index (χ0) is 12.5. The average molecular weight is 243 g/mol. The Morgan fingerprint density at radius 1 is 1.22 bits per heavy atom. The van der Waals surface area contributed by atoms with Gasteiger partial charge in [0.2, 0.25) is 0 Å². The van der Waals surface area contributed by atoms with E-state index in [4.69, 9.17) is 5.73 Å². The molecule has 1 aromatic carbocycles. The maximum atomic E-state index is 13.5. The molecule has 0 saturated carbocycles. The molecule has 0 aliphatic carbocycles. The Balaban J connectivity index is 2.01. The molecule has 3 aromatic rings. The van der Waals surface area contributed by atoms with Crippen LogP contribution in [0.1, 0.15) is 5.56 Å². The molecule has 2 N–H and O–H groups in total.